The van der Waals surface area contributed by atoms with Crippen molar-refractivity contribution in [1.82, 2.24) is 4.90 Å². The van der Waals surface area contributed by atoms with Gasteiger partial charge in [-0.2, -0.15) is 18.4 Å². The molecular weight excluding hydrogens is 525 g/mol. The van der Waals surface area contributed by atoms with Crippen molar-refractivity contribution in [3.8, 4) is 6.07 Å². The van der Waals surface area contributed by atoms with Crippen molar-refractivity contribution in [2.75, 3.05) is 13.1 Å². The quantitative estimate of drug-likeness (QED) is 0.387. The Bertz CT molecular complexity index is 1400. The smallest absolute Gasteiger partial charge is 0.416 e. The van der Waals surface area contributed by atoms with E-state index in [0.29, 0.717) is 66.1 Å². The van der Waals surface area contributed by atoms with Gasteiger partial charge in [-0.05, 0) is 85.3 Å². The first-order valence-electron chi connectivity index (χ1n) is 13.1. The number of piperidine rings is 1. The van der Waals surface area contributed by atoms with E-state index in [1.165, 1.54) is 18.6 Å². The largest absolute Gasteiger partial charge is 0.472 e. The number of furan rings is 1. The molecule has 1 saturated heterocycles. The summed E-state index contributed by atoms with van der Waals surface area (Å²) in [5.41, 5.74) is 2.58. The molecule has 1 aromatic carbocycles. The molecule has 0 radical (unpaired) electrons. The second-order valence-corrected chi connectivity index (χ2v) is 10.7. The molecule has 4 nitrogen and oxygen atoms in total. The van der Waals surface area contributed by atoms with Crippen molar-refractivity contribution in [3.05, 3.63) is 99.5 Å². The minimum Gasteiger partial charge on any atom is -0.472 e. The van der Waals surface area contributed by atoms with Crippen molar-refractivity contribution in [1.29, 1.82) is 5.26 Å². The molecule has 1 unspecified atom stereocenters. The molecule has 202 valence electrons. The molecule has 0 N–H and O–H groups in total. The van der Waals surface area contributed by atoms with Crippen LogP contribution in [0.3, 0.4) is 0 Å². The van der Waals surface area contributed by atoms with Crippen LogP contribution in [0.15, 0.2) is 87.3 Å². The maximum atomic E-state index is 14.3. The van der Waals surface area contributed by atoms with Crippen LogP contribution in [0.1, 0.15) is 61.1 Å². The summed E-state index contributed by atoms with van der Waals surface area (Å²) in [6.45, 7) is 1.01. The van der Waals surface area contributed by atoms with Gasteiger partial charge in [-0.1, -0.05) is 42.0 Å². The number of hydrogen-bond donors (Lipinski definition) is 0. The third kappa shape index (κ3) is 5.77. The highest BCUT2D eigenvalue weighted by atomic mass is 35.5. The van der Waals surface area contributed by atoms with E-state index in [-0.39, 0.29) is 30.2 Å². The fourth-order valence-corrected chi connectivity index (χ4v) is 6.23. The van der Waals surface area contributed by atoms with Gasteiger partial charge < -0.3 is 9.32 Å². The van der Waals surface area contributed by atoms with Crippen molar-refractivity contribution in [2.45, 2.75) is 50.6 Å². The molecule has 1 atom stereocenters. The lowest BCUT2D eigenvalue weighted by molar-refractivity contribution is -0.128. The van der Waals surface area contributed by atoms with Gasteiger partial charge in [0.2, 0.25) is 0 Å². The molecule has 2 aromatic rings. The minimum absolute atomic E-state index is 0.0544. The van der Waals surface area contributed by atoms with Gasteiger partial charge in [-0.3, -0.25) is 4.79 Å². The first-order valence-corrected chi connectivity index (χ1v) is 13.5. The molecule has 2 heterocycles. The Hall–Kier alpha value is -3.50. The molecule has 0 spiro atoms. The average Bonchev–Trinajstić information content (AvgIpc) is 3.40. The molecule has 0 bridgehead atoms. The predicted molar refractivity (Wildman–Crippen MR) is 143 cm³/mol. The Morgan fingerprint density at radius 3 is 2.54 bits per heavy atom. The summed E-state index contributed by atoms with van der Waals surface area (Å²) in [5.74, 6) is -0.476. The molecule has 8 heteroatoms. The molecule has 3 aliphatic rings. The van der Waals surface area contributed by atoms with Crippen LogP contribution in [0.5, 0.6) is 0 Å². The van der Waals surface area contributed by atoms with Crippen molar-refractivity contribution < 1.29 is 22.4 Å². The number of amides is 1. The van der Waals surface area contributed by atoms with Gasteiger partial charge >= 0.3 is 6.18 Å². The highest BCUT2D eigenvalue weighted by molar-refractivity contribution is 6.32. The summed E-state index contributed by atoms with van der Waals surface area (Å²) in [5, 5.41) is 9.79. The number of allylic oxidation sites excluding steroid dienone is 7. The summed E-state index contributed by atoms with van der Waals surface area (Å²) < 4.78 is 48.1. The van der Waals surface area contributed by atoms with Crippen LogP contribution in [0.25, 0.3) is 5.57 Å². The highest BCUT2D eigenvalue weighted by Crippen LogP contribution is 2.45. The van der Waals surface area contributed by atoms with E-state index in [4.69, 9.17) is 16.0 Å². The number of carbonyl (C=O) groups excluding carboxylic acids is 1. The number of carbonyl (C=O) groups is 1. The van der Waals surface area contributed by atoms with Crippen LogP contribution in [0, 0.1) is 17.2 Å². The zero-order valence-corrected chi connectivity index (χ0v) is 22.1. The molecule has 0 saturated carbocycles. The standard InChI is InChI=1S/C31H28ClF3N2O2/c32-29-17-22-6-3-5-21(24-12-15-39-19-24)16-28(31(33,34)35)26(22)8-9-27(29)30(38)37-13-10-20(11-14-37)25-7-2-1-4-23(25)18-36/h1-2,4-5,7-8,12,15-16,19-20,22H,3,6,9-11,13-14,17H2. The monoisotopic (exact) mass is 552 g/mol. The molecule has 5 rings (SSSR count). The van der Waals surface area contributed by atoms with Crippen LogP contribution in [0.4, 0.5) is 13.2 Å². The second-order valence-electron chi connectivity index (χ2n) is 10.2. The lowest BCUT2D eigenvalue weighted by Crippen LogP contribution is -2.39. The van der Waals surface area contributed by atoms with E-state index in [0.717, 1.165) is 5.56 Å². The molecule has 1 fully saturated rings. The number of nitrogens with zero attached hydrogens (tertiary/aromatic N) is 2. The topological polar surface area (TPSA) is 57.2 Å². The van der Waals surface area contributed by atoms with Crippen LogP contribution in [-0.2, 0) is 4.79 Å². The molecule has 1 amide bonds. The maximum absolute atomic E-state index is 14.3. The molecule has 39 heavy (non-hydrogen) atoms. The summed E-state index contributed by atoms with van der Waals surface area (Å²) in [7, 11) is 0. The molecular formula is C31H28ClF3N2O2. The number of halogens is 4. The van der Waals surface area contributed by atoms with Crippen LogP contribution in [-0.4, -0.2) is 30.1 Å². The first kappa shape index (κ1) is 27.1. The van der Waals surface area contributed by atoms with Gasteiger partial charge in [0.05, 0.1) is 29.7 Å². The lowest BCUT2D eigenvalue weighted by Gasteiger charge is -2.33. The van der Waals surface area contributed by atoms with E-state index in [1.54, 1.807) is 29.2 Å². The molecule has 2 aliphatic carbocycles. The van der Waals surface area contributed by atoms with E-state index in [9.17, 15) is 23.2 Å². The van der Waals surface area contributed by atoms with Gasteiger partial charge in [-0.15, -0.1) is 0 Å². The van der Waals surface area contributed by atoms with Crippen molar-refractivity contribution in [2.24, 2.45) is 5.92 Å². The first-order chi connectivity index (χ1) is 18.8. The van der Waals surface area contributed by atoms with E-state index < -0.39 is 17.7 Å². The van der Waals surface area contributed by atoms with Crippen LogP contribution >= 0.6 is 11.6 Å². The summed E-state index contributed by atoms with van der Waals surface area (Å²) >= 11 is 6.69. The fourth-order valence-electron chi connectivity index (χ4n) is 5.88. The normalized spacial score (nSPS) is 21.1. The number of alkyl halides is 3. The van der Waals surface area contributed by atoms with Gasteiger partial charge in [0.25, 0.3) is 5.91 Å². The lowest BCUT2D eigenvalue weighted by atomic mass is 9.83. The Kier molecular flexibility index (Phi) is 7.86. The van der Waals surface area contributed by atoms with Crippen molar-refractivity contribution in [3.63, 3.8) is 0 Å². The summed E-state index contributed by atoms with van der Waals surface area (Å²) in [4.78, 5) is 15.3. The number of nitriles is 1. The van der Waals surface area contributed by atoms with Gasteiger partial charge in [0, 0.05) is 29.3 Å². The van der Waals surface area contributed by atoms with E-state index in [1.807, 2.05) is 18.2 Å². The van der Waals surface area contributed by atoms with Gasteiger partial charge in [0.15, 0.2) is 0 Å². The predicted octanol–water partition coefficient (Wildman–Crippen LogP) is 8.05. The van der Waals surface area contributed by atoms with E-state index in [2.05, 4.69) is 6.07 Å². The summed E-state index contributed by atoms with van der Waals surface area (Å²) in [6.07, 6.45) is 5.60. The third-order valence-corrected chi connectivity index (χ3v) is 8.31. The fraction of sp³-hybridized carbons (Fsp3) is 0.355. The number of rotatable bonds is 3. The highest BCUT2D eigenvalue weighted by Gasteiger charge is 2.40. The van der Waals surface area contributed by atoms with Gasteiger partial charge in [-0.25, -0.2) is 0 Å². The van der Waals surface area contributed by atoms with Crippen molar-refractivity contribution >= 4 is 23.1 Å². The average molecular weight is 553 g/mol. The van der Waals surface area contributed by atoms with Crippen LogP contribution in [0.2, 0.25) is 0 Å². The zero-order chi connectivity index (χ0) is 27.6. The third-order valence-electron chi connectivity index (χ3n) is 7.93. The zero-order valence-electron chi connectivity index (χ0n) is 21.3. The van der Waals surface area contributed by atoms with E-state index >= 15 is 0 Å². The molecule has 1 aromatic heterocycles. The Morgan fingerprint density at radius 1 is 1.08 bits per heavy atom. The van der Waals surface area contributed by atoms with Crippen LogP contribution < -0.4 is 0 Å². The number of hydrogen-bond acceptors (Lipinski definition) is 3. The Balaban J connectivity index is 1.36. The minimum atomic E-state index is -4.56. The number of likely N-dealkylation sites (tertiary alicyclic amines) is 1. The Labute approximate surface area is 230 Å². The molecule has 1 aliphatic heterocycles. The maximum Gasteiger partial charge on any atom is 0.416 e. The SMILES string of the molecule is N#Cc1ccccc1C1CCN(C(=O)C2=C(Cl)CC3CCC=C(c4ccoc4)C=C(C(F)(F)F)C3=CC2)CC1. The number of benzene rings is 1. The summed E-state index contributed by atoms with van der Waals surface area (Å²) in [6, 6.07) is 11.4. The van der Waals surface area contributed by atoms with Gasteiger partial charge in [0.1, 0.15) is 0 Å². The second kappa shape index (κ2) is 11.3. The number of fused-ring (bicyclic) bond motifs is 1. The Morgan fingerprint density at radius 2 is 1.85 bits per heavy atom.